The molecule has 0 saturated heterocycles. The van der Waals surface area contributed by atoms with Crippen LogP contribution in [-0.4, -0.2) is 6.54 Å². The second-order valence-electron chi connectivity index (χ2n) is 5.57. The van der Waals surface area contributed by atoms with Gasteiger partial charge in [-0.3, -0.25) is 0 Å². The third-order valence-electron chi connectivity index (χ3n) is 3.01. The Bertz CT molecular complexity index is 551. The van der Waals surface area contributed by atoms with Crippen molar-refractivity contribution >= 4 is 26.9 Å². The van der Waals surface area contributed by atoms with E-state index in [1.165, 1.54) is 10.9 Å². The molecule has 0 atom stereocenters. The molecule has 2 aromatic rings. The third kappa shape index (κ3) is 2.62. The number of rotatable bonds is 3. The Morgan fingerprint density at radius 1 is 1.28 bits per heavy atom. The number of hydrogen-bond donors (Lipinski definition) is 1. The number of nitrogens with one attached hydrogen (secondary N) is 1. The van der Waals surface area contributed by atoms with E-state index in [2.05, 4.69) is 55.0 Å². The lowest BCUT2D eigenvalue weighted by molar-refractivity contribution is 0.487. The molecule has 0 aliphatic carbocycles. The van der Waals surface area contributed by atoms with Gasteiger partial charge in [0, 0.05) is 15.4 Å². The Morgan fingerprint density at radius 3 is 2.61 bits per heavy atom. The molecule has 2 nitrogen and oxygen atoms in total. The summed E-state index contributed by atoms with van der Waals surface area (Å²) in [5.41, 5.74) is 2.35. The van der Waals surface area contributed by atoms with Crippen molar-refractivity contribution in [1.82, 2.24) is 5.32 Å². The summed E-state index contributed by atoms with van der Waals surface area (Å²) >= 11 is 3.54. The standard InChI is InChI=1S/C15H20BrNO/c1-5-17-9-13-14(15(2,3)4)11-8-10(16)6-7-12(11)18-13/h6-8,17H,5,9H2,1-4H3. The molecule has 18 heavy (non-hydrogen) atoms. The lowest BCUT2D eigenvalue weighted by atomic mass is 9.85. The summed E-state index contributed by atoms with van der Waals surface area (Å²) in [5.74, 6) is 1.05. The minimum absolute atomic E-state index is 0.0802. The van der Waals surface area contributed by atoms with Crippen molar-refractivity contribution in [3.05, 3.63) is 34.0 Å². The van der Waals surface area contributed by atoms with E-state index in [-0.39, 0.29) is 5.41 Å². The Labute approximate surface area is 117 Å². The summed E-state index contributed by atoms with van der Waals surface area (Å²) in [4.78, 5) is 0. The van der Waals surface area contributed by atoms with Crippen LogP contribution in [0.5, 0.6) is 0 Å². The van der Waals surface area contributed by atoms with Crippen molar-refractivity contribution in [2.24, 2.45) is 0 Å². The molecule has 1 N–H and O–H groups in total. The summed E-state index contributed by atoms with van der Waals surface area (Å²) in [5, 5.41) is 4.56. The van der Waals surface area contributed by atoms with Crippen LogP contribution in [0, 0.1) is 0 Å². The van der Waals surface area contributed by atoms with Gasteiger partial charge in [-0.2, -0.15) is 0 Å². The van der Waals surface area contributed by atoms with Gasteiger partial charge in [0.2, 0.25) is 0 Å². The third-order valence-corrected chi connectivity index (χ3v) is 3.50. The average Bonchev–Trinajstić information content (AvgIpc) is 2.63. The molecular formula is C15H20BrNO. The molecular weight excluding hydrogens is 290 g/mol. The smallest absolute Gasteiger partial charge is 0.134 e. The van der Waals surface area contributed by atoms with Gasteiger partial charge in [0.25, 0.3) is 0 Å². The van der Waals surface area contributed by atoms with E-state index in [0.717, 1.165) is 28.9 Å². The molecule has 0 saturated carbocycles. The van der Waals surface area contributed by atoms with Crippen molar-refractivity contribution in [2.75, 3.05) is 6.54 Å². The molecule has 0 radical (unpaired) electrons. The first-order chi connectivity index (χ1) is 8.43. The fourth-order valence-corrected chi connectivity index (χ4v) is 2.67. The molecule has 0 amide bonds. The first-order valence-corrected chi connectivity index (χ1v) is 7.15. The van der Waals surface area contributed by atoms with Crippen molar-refractivity contribution in [1.29, 1.82) is 0 Å². The van der Waals surface area contributed by atoms with Crippen LogP contribution < -0.4 is 5.32 Å². The molecule has 0 bridgehead atoms. The molecule has 3 heteroatoms. The predicted molar refractivity (Wildman–Crippen MR) is 80.0 cm³/mol. The zero-order chi connectivity index (χ0) is 13.3. The maximum Gasteiger partial charge on any atom is 0.134 e. The zero-order valence-corrected chi connectivity index (χ0v) is 13.0. The van der Waals surface area contributed by atoms with E-state index in [9.17, 15) is 0 Å². The van der Waals surface area contributed by atoms with Crippen LogP contribution in [0.25, 0.3) is 11.0 Å². The van der Waals surface area contributed by atoms with Crippen LogP contribution in [0.2, 0.25) is 0 Å². The Kier molecular flexibility index (Phi) is 3.83. The zero-order valence-electron chi connectivity index (χ0n) is 11.4. The largest absolute Gasteiger partial charge is 0.459 e. The molecule has 0 aliphatic rings. The maximum absolute atomic E-state index is 6.00. The monoisotopic (exact) mass is 309 g/mol. The molecule has 1 heterocycles. The highest BCUT2D eigenvalue weighted by Crippen LogP contribution is 2.36. The number of benzene rings is 1. The van der Waals surface area contributed by atoms with E-state index in [4.69, 9.17) is 4.42 Å². The van der Waals surface area contributed by atoms with Crippen molar-refractivity contribution in [3.8, 4) is 0 Å². The average molecular weight is 310 g/mol. The molecule has 2 rings (SSSR count). The van der Waals surface area contributed by atoms with Crippen LogP contribution in [0.1, 0.15) is 39.0 Å². The van der Waals surface area contributed by atoms with Gasteiger partial charge >= 0.3 is 0 Å². The second-order valence-corrected chi connectivity index (χ2v) is 6.49. The first kappa shape index (κ1) is 13.6. The van der Waals surface area contributed by atoms with Gasteiger partial charge in [0.05, 0.1) is 6.54 Å². The van der Waals surface area contributed by atoms with E-state index in [1.807, 2.05) is 12.1 Å². The highest BCUT2D eigenvalue weighted by molar-refractivity contribution is 9.10. The molecule has 1 aromatic heterocycles. The van der Waals surface area contributed by atoms with Crippen LogP contribution in [-0.2, 0) is 12.0 Å². The summed E-state index contributed by atoms with van der Waals surface area (Å²) in [6.07, 6.45) is 0. The SMILES string of the molecule is CCNCc1oc2ccc(Br)cc2c1C(C)(C)C. The Balaban J connectivity index is 2.62. The fraction of sp³-hybridized carbons (Fsp3) is 0.467. The topological polar surface area (TPSA) is 25.2 Å². The summed E-state index contributed by atoms with van der Waals surface area (Å²) < 4.78 is 7.09. The maximum atomic E-state index is 6.00. The molecule has 0 fully saturated rings. The number of hydrogen-bond acceptors (Lipinski definition) is 2. The fourth-order valence-electron chi connectivity index (χ4n) is 2.31. The minimum atomic E-state index is 0.0802. The van der Waals surface area contributed by atoms with Gasteiger partial charge in [0.1, 0.15) is 11.3 Å². The molecule has 0 spiro atoms. The van der Waals surface area contributed by atoms with Gasteiger partial charge in [-0.05, 0) is 30.2 Å². The van der Waals surface area contributed by atoms with Crippen molar-refractivity contribution in [3.63, 3.8) is 0 Å². The highest BCUT2D eigenvalue weighted by Gasteiger charge is 2.24. The van der Waals surface area contributed by atoms with Crippen LogP contribution >= 0.6 is 15.9 Å². The lowest BCUT2D eigenvalue weighted by Crippen LogP contribution is -2.18. The van der Waals surface area contributed by atoms with Crippen molar-refractivity contribution < 1.29 is 4.42 Å². The Hall–Kier alpha value is -0.800. The summed E-state index contributed by atoms with van der Waals surface area (Å²) in [7, 11) is 0. The quantitative estimate of drug-likeness (QED) is 0.896. The van der Waals surface area contributed by atoms with Gasteiger partial charge < -0.3 is 9.73 Å². The lowest BCUT2D eigenvalue weighted by Gasteiger charge is -2.19. The van der Waals surface area contributed by atoms with Crippen LogP contribution in [0.15, 0.2) is 27.1 Å². The molecule has 98 valence electrons. The second kappa shape index (κ2) is 5.06. The van der Waals surface area contributed by atoms with Gasteiger partial charge in [-0.15, -0.1) is 0 Å². The molecule has 0 aliphatic heterocycles. The predicted octanol–water partition coefficient (Wildman–Crippen LogP) is 4.60. The summed E-state index contributed by atoms with van der Waals surface area (Å²) in [6.45, 7) is 10.5. The van der Waals surface area contributed by atoms with Gasteiger partial charge in [-0.1, -0.05) is 43.6 Å². The molecule has 0 unspecified atom stereocenters. The van der Waals surface area contributed by atoms with Crippen LogP contribution in [0.4, 0.5) is 0 Å². The minimum Gasteiger partial charge on any atom is -0.459 e. The van der Waals surface area contributed by atoms with E-state index >= 15 is 0 Å². The number of halogens is 1. The Morgan fingerprint density at radius 2 is 2.00 bits per heavy atom. The van der Waals surface area contributed by atoms with Crippen molar-refractivity contribution in [2.45, 2.75) is 39.7 Å². The molecule has 1 aromatic carbocycles. The normalized spacial score (nSPS) is 12.3. The number of fused-ring (bicyclic) bond motifs is 1. The van der Waals surface area contributed by atoms with E-state index in [1.54, 1.807) is 0 Å². The van der Waals surface area contributed by atoms with E-state index < -0.39 is 0 Å². The van der Waals surface area contributed by atoms with Gasteiger partial charge in [-0.25, -0.2) is 0 Å². The summed E-state index contributed by atoms with van der Waals surface area (Å²) in [6, 6.07) is 6.20. The van der Waals surface area contributed by atoms with Gasteiger partial charge in [0.15, 0.2) is 0 Å². The highest BCUT2D eigenvalue weighted by atomic mass is 79.9. The number of furan rings is 1. The first-order valence-electron chi connectivity index (χ1n) is 6.35. The van der Waals surface area contributed by atoms with E-state index in [0.29, 0.717) is 0 Å². The van der Waals surface area contributed by atoms with Crippen LogP contribution in [0.3, 0.4) is 0 Å².